The van der Waals surface area contributed by atoms with Crippen molar-refractivity contribution < 1.29 is 17.9 Å². The first-order chi connectivity index (χ1) is 13.8. The van der Waals surface area contributed by atoms with E-state index in [1.165, 1.54) is 37.6 Å². The summed E-state index contributed by atoms with van der Waals surface area (Å²) in [6.07, 6.45) is 3.93. The lowest BCUT2D eigenvalue weighted by Crippen LogP contribution is -2.42. The number of rotatable bonds is 4. The minimum Gasteiger partial charge on any atom is -0.371 e. The number of carbonyl (C=O) groups is 1. The number of thiophene rings is 1. The Bertz CT molecular complexity index is 1170. The molecule has 4 heterocycles. The maximum absolute atomic E-state index is 13.0. The second-order valence-corrected chi connectivity index (χ2v) is 9.91. The molecule has 0 aromatic carbocycles. The van der Waals surface area contributed by atoms with Crippen molar-refractivity contribution in [3.05, 3.63) is 41.2 Å². The molecule has 1 atom stereocenters. The molecule has 154 valence electrons. The molecule has 0 radical (unpaired) electrons. The number of amides is 1. The SMILES string of the molecule is CN(C)C(=O)c1sc2ncccc2c1[C@H]1CN(S(=O)(=O)c2cnn(C)c2)CCO1. The number of aromatic nitrogens is 3. The van der Waals surface area contributed by atoms with E-state index in [-0.39, 0.29) is 30.5 Å². The molecule has 0 bridgehead atoms. The second-order valence-electron chi connectivity index (χ2n) is 6.97. The van der Waals surface area contributed by atoms with Crippen LogP contribution in [0.25, 0.3) is 10.2 Å². The topological polar surface area (TPSA) is 97.6 Å². The standard InChI is InChI=1S/C18H21N5O4S2/c1-21(2)18(24)16-15(13-5-4-6-19-17(13)28-16)14-11-23(7-8-27-14)29(25,26)12-9-20-22(3)10-12/h4-6,9-10,14H,7-8,11H2,1-3H3/t14-/m1/s1. The highest BCUT2D eigenvalue weighted by Gasteiger charge is 2.36. The van der Waals surface area contributed by atoms with Crippen LogP contribution in [-0.2, 0) is 21.8 Å². The molecule has 3 aromatic heterocycles. The number of hydrogen-bond donors (Lipinski definition) is 0. The van der Waals surface area contributed by atoms with Crippen molar-refractivity contribution in [3.63, 3.8) is 0 Å². The third-order valence-corrected chi connectivity index (χ3v) is 7.71. The van der Waals surface area contributed by atoms with Crippen LogP contribution < -0.4 is 0 Å². The Morgan fingerprint density at radius 2 is 2.17 bits per heavy atom. The van der Waals surface area contributed by atoms with Crippen LogP contribution >= 0.6 is 11.3 Å². The van der Waals surface area contributed by atoms with Crippen LogP contribution in [0.4, 0.5) is 0 Å². The van der Waals surface area contributed by atoms with E-state index in [2.05, 4.69) is 10.1 Å². The minimum absolute atomic E-state index is 0.117. The molecular weight excluding hydrogens is 414 g/mol. The summed E-state index contributed by atoms with van der Waals surface area (Å²) in [7, 11) is 1.34. The van der Waals surface area contributed by atoms with E-state index in [0.717, 1.165) is 10.2 Å². The Morgan fingerprint density at radius 1 is 1.38 bits per heavy atom. The van der Waals surface area contributed by atoms with E-state index in [4.69, 9.17) is 4.74 Å². The molecule has 4 rings (SSSR count). The maximum Gasteiger partial charge on any atom is 0.263 e. The Morgan fingerprint density at radius 3 is 2.86 bits per heavy atom. The molecule has 3 aromatic rings. The number of ether oxygens (including phenoxy) is 1. The predicted molar refractivity (Wildman–Crippen MR) is 108 cm³/mol. The number of pyridine rings is 1. The van der Waals surface area contributed by atoms with Gasteiger partial charge in [-0.15, -0.1) is 11.3 Å². The molecule has 1 amide bonds. The third-order valence-electron chi connectivity index (χ3n) is 4.78. The summed E-state index contributed by atoms with van der Waals surface area (Å²) in [4.78, 5) is 20.0. The van der Waals surface area contributed by atoms with E-state index in [1.807, 2.05) is 6.07 Å². The normalized spacial score (nSPS) is 18.2. The molecule has 9 nitrogen and oxygen atoms in total. The number of morpholine rings is 1. The molecule has 1 aliphatic rings. The van der Waals surface area contributed by atoms with Crippen LogP contribution in [0.5, 0.6) is 0 Å². The van der Waals surface area contributed by atoms with Crippen molar-refractivity contribution in [2.75, 3.05) is 33.8 Å². The molecule has 0 aliphatic carbocycles. The zero-order valence-corrected chi connectivity index (χ0v) is 17.9. The molecule has 1 fully saturated rings. The van der Waals surface area contributed by atoms with Gasteiger partial charge in [-0.25, -0.2) is 13.4 Å². The Balaban J connectivity index is 1.74. The third kappa shape index (κ3) is 3.54. The lowest BCUT2D eigenvalue weighted by molar-refractivity contribution is -0.00203. The fourth-order valence-electron chi connectivity index (χ4n) is 3.33. The lowest BCUT2D eigenvalue weighted by Gasteiger charge is -2.32. The summed E-state index contributed by atoms with van der Waals surface area (Å²) in [5, 5.41) is 4.78. The van der Waals surface area contributed by atoms with Gasteiger partial charge >= 0.3 is 0 Å². The van der Waals surface area contributed by atoms with Gasteiger partial charge < -0.3 is 9.64 Å². The molecule has 0 spiro atoms. The number of carbonyl (C=O) groups excluding carboxylic acids is 1. The predicted octanol–water partition coefficient (Wildman–Crippen LogP) is 1.49. The maximum atomic E-state index is 13.0. The first kappa shape index (κ1) is 20.0. The molecular formula is C18H21N5O4S2. The molecule has 11 heteroatoms. The van der Waals surface area contributed by atoms with Crippen LogP contribution in [0.15, 0.2) is 35.6 Å². The highest BCUT2D eigenvalue weighted by molar-refractivity contribution is 7.89. The van der Waals surface area contributed by atoms with E-state index in [0.29, 0.717) is 10.4 Å². The second kappa shape index (κ2) is 7.48. The van der Waals surface area contributed by atoms with Gasteiger partial charge in [-0.3, -0.25) is 9.48 Å². The fraction of sp³-hybridized carbons (Fsp3) is 0.389. The van der Waals surface area contributed by atoms with Crippen LogP contribution in [0, 0.1) is 0 Å². The molecule has 0 unspecified atom stereocenters. The molecule has 0 N–H and O–H groups in total. The molecule has 0 saturated carbocycles. The van der Waals surface area contributed by atoms with Crippen LogP contribution in [0.1, 0.15) is 21.3 Å². The molecule has 1 saturated heterocycles. The highest BCUT2D eigenvalue weighted by atomic mass is 32.2. The smallest absolute Gasteiger partial charge is 0.263 e. The first-order valence-electron chi connectivity index (χ1n) is 8.98. The van der Waals surface area contributed by atoms with Gasteiger partial charge in [0.15, 0.2) is 0 Å². The summed E-state index contributed by atoms with van der Waals surface area (Å²) in [6, 6.07) is 3.69. The van der Waals surface area contributed by atoms with Gasteiger partial charge in [0.2, 0.25) is 10.0 Å². The van der Waals surface area contributed by atoms with Crippen molar-refractivity contribution in [1.29, 1.82) is 0 Å². The van der Waals surface area contributed by atoms with Gasteiger partial charge in [0.05, 0.1) is 18.9 Å². The van der Waals surface area contributed by atoms with Gasteiger partial charge in [0, 0.05) is 57.6 Å². The van der Waals surface area contributed by atoms with Gasteiger partial charge in [0.25, 0.3) is 5.91 Å². The zero-order chi connectivity index (χ0) is 20.8. The average Bonchev–Trinajstić information content (AvgIpc) is 3.31. The van der Waals surface area contributed by atoms with Crippen LogP contribution in [-0.4, -0.2) is 72.1 Å². The summed E-state index contributed by atoms with van der Waals surface area (Å²) in [5.74, 6) is -0.154. The van der Waals surface area contributed by atoms with E-state index < -0.39 is 16.1 Å². The van der Waals surface area contributed by atoms with Gasteiger partial charge in [-0.05, 0) is 6.07 Å². The quantitative estimate of drug-likeness (QED) is 0.616. The van der Waals surface area contributed by atoms with E-state index in [9.17, 15) is 13.2 Å². The fourth-order valence-corrected chi connectivity index (χ4v) is 5.96. The Hall–Kier alpha value is -2.34. The highest BCUT2D eigenvalue weighted by Crippen LogP contribution is 2.38. The van der Waals surface area contributed by atoms with Crippen molar-refractivity contribution in [2.45, 2.75) is 11.0 Å². The zero-order valence-electron chi connectivity index (χ0n) is 16.3. The van der Waals surface area contributed by atoms with Crippen LogP contribution in [0.2, 0.25) is 0 Å². The average molecular weight is 436 g/mol. The molecule has 29 heavy (non-hydrogen) atoms. The summed E-state index contributed by atoms with van der Waals surface area (Å²) in [5.41, 5.74) is 0.697. The van der Waals surface area contributed by atoms with Crippen LogP contribution in [0.3, 0.4) is 0 Å². The number of aryl methyl sites for hydroxylation is 1. The first-order valence-corrected chi connectivity index (χ1v) is 11.2. The number of hydrogen-bond acceptors (Lipinski definition) is 7. The van der Waals surface area contributed by atoms with Gasteiger partial charge in [-0.1, -0.05) is 6.07 Å². The molecule has 1 aliphatic heterocycles. The number of fused-ring (bicyclic) bond motifs is 1. The van der Waals surface area contributed by atoms with E-state index in [1.54, 1.807) is 33.4 Å². The lowest BCUT2D eigenvalue weighted by atomic mass is 10.0. The largest absolute Gasteiger partial charge is 0.371 e. The van der Waals surface area contributed by atoms with Gasteiger partial charge in [-0.2, -0.15) is 9.40 Å². The number of sulfonamides is 1. The van der Waals surface area contributed by atoms with Crippen molar-refractivity contribution in [1.82, 2.24) is 24.0 Å². The summed E-state index contributed by atoms with van der Waals surface area (Å²) in [6.45, 7) is 0.591. The summed E-state index contributed by atoms with van der Waals surface area (Å²) < 4.78 is 34.9. The summed E-state index contributed by atoms with van der Waals surface area (Å²) >= 11 is 1.30. The van der Waals surface area contributed by atoms with Crippen molar-refractivity contribution in [2.24, 2.45) is 7.05 Å². The monoisotopic (exact) mass is 435 g/mol. The van der Waals surface area contributed by atoms with Gasteiger partial charge in [0.1, 0.15) is 14.6 Å². The minimum atomic E-state index is -3.71. The Kier molecular flexibility index (Phi) is 5.15. The van der Waals surface area contributed by atoms with E-state index >= 15 is 0 Å². The Labute approximate surface area is 172 Å². The van der Waals surface area contributed by atoms with Crippen molar-refractivity contribution >= 4 is 37.5 Å². The van der Waals surface area contributed by atoms with Crippen molar-refractivity contribution in [3.8, 4) is 0 Å². The number of nitrogens with zero attached hydrogens (tertiary/aromatic N) is 5.